The summed E-state index contributed by atoms with van der Waals surface area (Å²) in [6.07, 6.45) is 4.92. The Kier molecular flexibility index (Phi) is 12.2. The molecule has 1 saturated heterocycles. The molecule has 274 valence electrons. The molecule has 5 rings (SSSR count). The molecule has 0 spiro atoms. The van der Waals surface area contributed by atoms with Crippen molar-refractivity contribution in [2.24, 2.45) is 0 Å². The molecular formula is C41H54N4O6. The first-order valence-corrected chi connectivity index (χ1v) is 18.0. The van der Waals surface area contributed by atoms with Crippen molar-refractivity contribution in [2.75, 3.05) is 31.2 Å². The summed E-state index contributed by atoms with van der Waals surface area (Å²) in [5.74, 6) is 1.12. The van der Waals surface area contributed by atoms with Crippen molar-refractivity contribution in [1.29, 1.82) is 0 Å². The quantitative estimate of drug-likeness (QED) is 0.0847. The zero-order chi connectivity index (χ0) is 36.8. The molecule has 0 bridgehead atoms. The Labute approximate surface area is 302 Å². The molecule has 0 radical (unpaired) electrons. The van der Waals surface area contributed by atoms with Crippen molar-refractivity contribution >= 4 is 28.2 Å². The molecule has 10 heteroatoms. The summed E-state index contributed by atoms with van der Waals surface area (Å²) in [7, 11) is 0. The molecule has 0 saturated carbocycles. The number of aryl methyl sites for hydroxylation is 1. The van der Waals surface area contributed by atoms with Gasteiger partial charge < -0.3 is 28.6 Å². The third-order valence-corrected chi connectivity index (χ3v) is 9.05. The normalized spacial score (nSPS) is 15.9. The van der Waals surface area contributed by atoms with Crippen LogP contribution in [0.2, 0.25) is 0 Å². The average molecular weight is 699 g/mol. The van der Waals surface area contributed by atoms with Crippen molar-refractivity contribution in [1.82, 2.24) is 14.6 Å². The highest BCUT2D eigenvalue weighted by molar-refractivity contribution is 5.89. The molecule has 4 aromatic rings. The van der Waals surface area contributed by atoms with Crippen LogP contribution in [0.4, 0.5) is 5.82 Å². The van der Waals surface area contributed by atoms with Gasteiger partial charge in [-0.3, -0.25) is 0 Å². The van der Waals surface area contributed by atoms with Gasteiger partial charge in [-0.2, -0.15) is 9.61 Å². The summed E-state index contributed by atoms with van der Waals surface area (Å²) in [5.41, 5.74) is 2.73. The van der Waals surface area contributed by atoms with E-state index in [0.29, 0.717) is 48.9 Å². The van der Waals surface area contributed by atoms with E-state index in [1.54, 1.807) is 13.0 Å². The van der Waals surface area contributed by atoms with E-state index in [4.69, 9.17) is 33.8 Å². The van der Waals surface area contributed by atoms with Crippen molar-refractivity contribution < 1.29 is 28.5 Å². The fourth-order valence-corrected chi connectivity index (χ4v) is 6.53. The summed E-state index contributed by atoms with van der Waals surface area (Å²) in [6, 6.07) is 14.3. The second-order valence-electron chi connectivity index (χ2n) is 14.5. The van der Waals surface area contributed by atoms with Gasteiger partial charge in [-0.05, 0) is 66.7 Å². The third kappa shape index (κ3) is 9.16. The van der Waals surface area contributed by atoms with Gasteiger partial charge in [0.1, 0.15) is 11.6 Å². The number of ether oxygens (including phenoxy) is 5. The van der Waals surface area contributed by atoms with Gasteiger partial charge in [-0.1, -0.05) is 48.6 Å². The van der Waals surface area contributed by atoms with Gasteiger partial charge in [0.05, 0.1) is 55.0 Å². The van der Waals surface area contributed by atoms with E-state index >= 15 is 0 Å². The van der Waals surface area contributed by atoms with Crippen LogP contribution >= 0.6 is 0 Å². The van der Waals surface area contributed by atoms with Crippen LogP contribution in [0.1, 0.15) is 89.4 Å². The fourth-order valence-electron chi connectivity index (χ4n) is 6.53. The van der Waals surface area contributed by atoms with Crippen molar-refractivity contribution in [2.45, 2.75) is 104 Å². The van der Waals surface area contributed by atoms with Gasteiger partial charge in [-0.25, -0.2) is 9.78 Å². The average Bonchev–Trinajstić information content (AvgIpc) is 3.49. The van der Waals surface area contributed by atoms with Gasteiger partial charge in [-0.15, -0.1) is 13.2 Å². The molecule has 0 amide bonds. The SMILES string of the molecule is C=CCOC1(C)CCN(c2c([C@H](OC(C)(C)C)C(=O)OCC)c(C)nc3cc(COCc4ccc5ccccc5c4O[C@@H](C)CC=C)nn23)CC1. The number of benzene rings is 2. The Balaban J connectivity index is 1.50. The summed E-state index contributed by atoms with van der Waals surface area (Å²) in [5, 5.41) is 7.18. The highest BCUT2D eigenvalue weighted by Crippen LogP contribution is 2.38. The Morgan fingerprint density at radius 3 is 2.51 bits per heavy atom. The van der Waals surface area contributed by atoms with E-state index in [2.05, 4.69) is 49.2 Å². The zero-order valence-electron chi connectivity index (χ0n) is 31.4. The van der Waals surface area contributed by atoms with Gasteiger partial charge >= 0.3 is 5.97 Å². The Hall–Kier alpha value is -4.25. The first kappa shape index (κ1) is 38.0. The maximum absolute atomic E-state index is 13.6. The van der Waals surface area contributed by atoms with Gasteiger partial charge in [0, 0.05) is 42.2 Å². The lowest BCUT2D eigenvalue weighted by Crippen LogP contribution is -2.45. The van der Waals surface area contributed by atoms with Crippen molar-refractivity contribution in [3.63, 3.8) is 0 Å². The van der Waals surface area contributed by atoms with Crippen LogP contribution in [0.15, 0.2) is 67.8 Å². The second kappa shape index (κ2) is 16.4. The largest absolute Gasteiger partial charge is 0.489 e. The highest BCUT2D eigenvalue weighted by atomic mass is 16.6. The monoisotopic (exact) mass is 698 g/mol. The number of anilines is 1. The van der Waals surface area contributed by atoms with Crippen LogP contribution in [0.25, 0.3) is 16.4 Å². The maximum atomic E-state index is 13.6. The molecule has 1 fully saturated rings. The molecule has 1 aliphatic rings. The van der Waals surface area contributed by atoms with Gasteiger partial charge in [0.25, 0.3) is 0 Å². The van der Waals surface area contributed by atoms with Crippen molar-refractivity contribution in [3.05, 3.63) is 90.3 Å². The van der Waals surface area contributed by atoms with E-state index in [0.717, 1.165) is 47.2 Å². The Bertz CT molecular complexity index is 1840. The van der Waals surface area contributed by atoms with Crippen LogP contribution in [-0.4, -0.2) is 64.2 Å². The molecule has 2 atom stereocenters. The van der Waals surface area contributed by atoms with E-state index < -0.39 is 17.7 Å². The predicted octanol–water partition coefficient (Wildman–Crippen LogP) is 8.23. The summed E-state index contributed by atoms with van der Waals surface area (Å²) >= 11 is 0. The summed E-state index contributed by atoms with van der Waals surface area (Å²) in [6.45, 7) is 24.1. The number of rotatable bonds is 16. The maximum Gasteiger partial charge on any atom is 0.340 e. The first-order chi connectivity index (χ1) is 24.4. The Morgan fingerprint density at radius 1 is 1.08 bits per heavy atom. The molecular weight excluding hydrogens is 644 g/mol. The molecule has 1 aliphatic heterocycles. The third-order valence-electron chi connectivity index (χ3n) is 9.05. The van der Waals surface area contributed by atoms with E-state index in [1.807, 2.05) is 63.4 Å². The van der Waals surface area contributed by atoms with Crippen molar-refractivity contribution in [3.8, 4) is 5.75 Å². The topological polar surface area (TPSA) is 96.7 Å². The number of piperidine rings is 1. The number of hydrogen-bond acceptors (Lipinski definition) is 9. The molecule has 2 aromatic heterocycles. The van der Waals surface area contributed by atoms with Gasteiger partial charge in [0.2, 0.25) is 0 Å². The number of carbonyl (C=O) groups excluding carboxylic acids is 1. The highest BCUT2D eigenvalue weighted by Gasteiger charge is 2.38. The van der Waals surface area contributed by atoms with Crippen LogP contribution in [0, 0.1) is 6.92 Å². The Morgan fingerprint density at radius 2 is 1.82 bits per heavy atom. The summed E-state index contributed by atoms with van der Waals surface area (Å²) in [4.78, 5) is 20.8. The minimum Gasteiger partial charge on any atom is -0.489 e. The predicted molar refractivity (Wildman–Crippen MR) is 201 cm³/mol. The lowest BCUT2D eigenvalue weighted by molar-refractivity contribution is -0.166. The first-order valence-electron chi connectivity index (χ1n) is 18.0. The number of fused-ring (bicyclic) bond motifs is 2. The van der Waals surface area contributed by atoms with Crippen LogP contribution in [-0.2, 0) is 37.0 Å². The number of hydrogen-bond donors (Lipinski definition) is 0. The molecule has 0 unspecified atom stereocenters. The van der Waals surface area contributed by atoms with E-state index in [1.165, 1.54) is 0 Å². The van der Waals surface area contributed by atoms with E-state index in [9.17, 15) is 4.79 Å². The fraction of sp³-hybridized carbons (Fsp3) is 0.488. The van der Waals surface area contributed by atoms with E-state index in [-0.39, 0.29) is 24.9 Å². The molecule has 0 aliphatic carbocycles. The summed E-state index contributed by atoms with van der Waals surface area (Å²) < 4.78 is 32.8. The molecule has 2 aromatic carbocycles. The smallest absolute Gasteiger partial charge is 0.340 e. The lowest BCUT2D eigenvalue weighted by atomic mass is 9.92. The van der Waals surface area contributed by atoms with Crippen LogP contribution in [0.3, 0.4) is 0 Å². The molecule has 51 heavy (non-hydrogen) atoms. The zero-order valence-corrected chi connectivity index (χ0v) is 31.4. The molecule has 3 heterocycles. The minimum absolute atomic E-state index is 0.0330. The number of esters is 1. The van der Waals surface area contributed by atoms with Crippen LogP contribution < -0.4 is 9.64 Å². The number of carbonyl (C=O) groups is 1. The number of aromatic nitrogens is 3. The number of nitrogens with zero attached hydrogens (tertiary/aromatic N) is 4. The second-order valence-corrected chi connectivity index (χ2v) is 14.5. The standard InChI is InChI=1S/C41H54N4O6/c1-10-15-28(4)50-36-31(19-18-30-16-13-14-17-33(30)36)26-47-27-32-25-34-42-29(5)35(37(39(46)48-12-3)51-40(6,7)8)38(45(34)43-32)44-22-20-41(9,21-23-44)49-24-11-2/h10-11,13-14,16-19,25,28,37H,1-2,12,15,20-24,26-27H2,3-9H3/t28-,37-/m0/s1. The van der Waals surface area contributed by atoms with Gasteiger partial charge in [0.15, 0.2) is 11.8 Å². The minimum atomic E-state index is -0.999. The van der Waals surface area contributed by atoms with Crippen LogP contribution in [0.5, 0.6) is 5.75 Å². The lowest BCUT2D eigenvalue weighted by Gasteiger charge is -2.41. The molecule has 10 nitrogen and oxygen atoms in total. The molecule has 0 N–H and O–H groups in total.